The lowest BCUT2D eigenvalue weighted by Crippen LogP contribution is -2.26. The zero-order valence-electron chi connectivity index (χ0n) is 11.6. The Labute approximate surface area is 126 Å². The molecule has 1 aromatic carbocycles. The molecule has 19 heavy (non-hydrogen) atoms. The van der Waals surface area contributed by atoms with Crippen molar-refractivity contribution in [3.63, 3.8) is 0 Å². The molecule has 106 valence electrons. The van der Waals surface area contributed by atoms with E-state index in [1.165, 1.54) is 37.7 Å². The fourth-order valence-electron chi connectivity index (χ4n) is 3.23. The second kappa shape index (κ2) is 7.52. The monoisotopic (exact) mass is 299 g/mol. The summed E-state index contributed by atoms with van der Waals surface area (Å²) in [6, 6.07) is 6.07. The number of benzene rings is 1. The van der Waals surface area contributed by atoms with Crippen LogP contribution in [0.4, 0.5) is 0 Å². The van der Waals surface area contributed by atoms with Crippen molar-refractivity contribution >= 4 is 23.2 Å². The Balaban J connectivity index is 2.06. The molecular formula is C16H23Cl2N. The van der Waals surface area contributed by atoms with Gasteiger partial charge in [-0.2, -0.15) is 0 Å². The highest BCUT2D eigenvalue weighted by molar-refractivity contribution is 6.42. The summed E-state index contributed by atoms with van der Waals surface area (Å²) >= 11 is 12.1. The third-order valence-electron chi connectivity index (χ3n) is 4.26. The van der Waals surface area contributed by atoms with Crippen LogP contribution in [0, 0.1) is 11.8 Å². The van der Waals surface area contributed by atoms with Crippen LogP contribution in [0.1, 0.15) is 37.7 Å². The SMILES string of the molecule is CNCC1CCCCCC1Cc1ccc(Cl)c(Cl)c1. The molecular weight excluding hydrogens is 277 g/mol. The van der Waals surface area contributed by atoms with Crippen molar-refractivity contribution in [3.05, 3.63) is 33.8 Å². The van der Waals surface area contributed by atoms with E-state index in [0.717, 1.165) is 24.8 Å². The van der Waals surface area contributed by atoms with Gasteiger partial charge in [0.1, 0.15) is 0 Å². The highest BCUT2D eigenvalue weighted by Gasteiger charge is 2.23. The molecule has 0 spiro atoms. The van der Waals surface area contributed by atoms with Crippen molar-refractivity contribution in [2.45, 2.75) is 38.5 Å². The van der Waals surface area contributed by atoms with E-state index in [-0.39, 0.29) is 0 Å². The van der Waals surface area contributed by atoms with Crippen molar-refractivity contribution in [1.29, 1.82) is 0 Å². The van der Waals surface area contributed by atoms with E-state index < -0.39 is 0 Å². The summed E-state index contributed by atoms with van der Waals surface area (Å²) in [6.45, 7) is 1.13. The van der Waals surface area contributed by atoms with Gasteiger partial charge in [0.05, 0.1) is 10.0 Å². The third-order valence-corrected chi connectivity index (χ3v) is 5.00. The molecule has 0 bridgehead atoms. The molecule has 2 atom stereocenters. The van der Waals surface area contributed by atoms with Gasteiger partial charge < -0.3 is 5.32 Å². The van der Waals surface area contributed by atoms with Crippen LogP contribution < -0.4 is 5.32 Å². The minimum Gasteiger partial charge on any atom is -0.319 e. The highest BCUT2D eigenvalue weighted by Crippen LogP contribution is 2.32. The Bertz CT molecular complexity index is 406. The summed E-state index contributed by atoms with van der Waals surface area (Å²) in [7, 11) is 2.06. The molecule has 0 radical (unpaired) electrons. The Hall–Kier alpha value is -0.240. The molecule has 1 nitrogen and oxygen atoms in total. The molecule has 1 fully saturated rings. The van der Waals surface area contributed by atoms with E-state index in [1.807, 2.05) is 12.1 Å². The molecule has 0 heterocycles. The topological polar surface area (TPSA) is 12.0 Å². The molecule has 1 N–H and O–H groups in total. The second-order valence-electron chi connectivity index (χ2n) is 5.67. The van der Waals surface area contributed by atoms with Crippen LogP contribution in [-0.2, 0) is 6.42 Å². The van der Waals surface area contributed by atoms with Crippen molar-refractivity contribution in [3.8, 4) is 0 Å². The standard InChI is InChI=1S/C16H23Cl2N/c1-19-11-14-6-4-2-3-5-13(14)9-12-7-8-15(17)16(18)10-12/h7-8,10,13-14,19H,2-6,9,11H2,1H3. The van der Waals surface area contributed by atoms with Gasteiger partial charge in [-0.25, -0.2) is 0 Å². The van der Waals surface area contributed by atoms with Gasteiger partial charge in [-0.3, -0.25) is 0 Å². The van der Waals surface area contributed by atoms with Gasteiger partial charge in [0.2, 0.25) is 0 Å². The first kappa shape index (κ1) is 15.2. The molecule has 2 rings (SSSR count). The number of nitrogens with one attached hydrogen (secondary N) is 1. The van der Waals surface area contributed by atoms with Gasteiger partial charge in [-0.1, -0.05) is 48.5 Å². The van der Waals surface area contributed by atoms with Crippen molar-refractivity contribution in [2.24, 2.45) is 11.8 Å². The van der Waals surface area contributed by atoms with E-state index in [9.17, 15) is 0 Å². The Morgan fingerprint density at radius 3 is 2.47 bits per heavy atom. The predicted octanol–water partition coefficient (Wildman–Crippen LogP) is 4.95. The molecule has 0 aliphatic heterocycles. The molecule has 0 amide bonds. The van der Waals surface area contributed by atoms with Gasteiger partial charge in [0, 0.05) is 0 Å². The molecule has 3 heteroatoms. The van der Waals surface area contributed by atoms with Crippen LogP contribution in [0.15, 0.2) is 18.2 Å². The number of rotatable bonds is 4. The number of halogens is 2. The van der Waals surface area contributed by atoms with E-state index in [0.29, 0.717) is 10.0 Å². The maximum atomic E-state index is 6.12. The Morgan fingerprint density at radius 2 is 1.79 bits per heavy atom. The second-order valence-corrected chi connectivity index (χ2v) is 6.48. The molecule has 1 aliphatic carbocycles. The fourth-order valence-corrected chi connectivity index (χ4v) is 3.55. The largest absolute Gasteiger partial charge is 0.319 e. The molecule has 2 unspecified atom stereocenters. The Morgan fingerprint density at radius 1 is 1.05 bits per heavy atom. The van der Waals surface area contributed by atoms with Gasteiger partial charge >= 0.3 is 0 Å². The predicted molar refractivity (Wildman–Crippen MR) is 84.2 cm³/mol. The molecule has 1 aliphatic rings. The summed E-state index contributed by atoms with van der Waals surface area (Å²) in [5.74, 6) is 1.56. The van der Waals surface area contributed by atoms with Crippen LogP contribution in [0.5, 0.6) is 0 Å². The highest BCUT2D eigenvalue weighted by atomic mass is 35.5. The smallest absolute Gasteiger partial charge is 0.0595 e. The van der Waals surface area contributed by atoms with Gasteiger partial charge in [-0.05, 0) is 62.4 Å². The maximum absolute atomic E-state index is 6.12. The lowest BCUT2D eigenvalue weighted by atomic mass is 9.83. The van der Waals surface area contributed by atoms with Crippen LogP contribution in [0.25, 0.3) is 0 Å². The van der Waals surface area contributed by atoms with E-state index in [4.69, 9.17) is 23.2 Å². The average Bonchev–Trinajstić information content (AvgIpc) is 2.61. The van der Waals surface area contributed by atoms with E-state index in [1.54, 1.807) is 0 Å². The van der Waals surface area contributed by atoms with Crippen molar-refractivity contribution < 1.29 is 0 Å². The molecule has 0 aromatic heterocycles. The molecule has 0 saturated heterocycles. The van der Waals surface area contributed by atoms with E-state index in [2.05, 4.69) is 18.4 Å². The number of hydrogen-bond donors (Lipinski definition) is 1. The maximum Gasteiger partial charge on any atom is 0.0595 e. The summed E-state index contributed by atoms with van der Waals surface area (Å²) in [6.07, 6.45) is 7.96. The summed E-state index contributed by atoms with van der Waals surface area (Å²) in [5.41, 5.74) is 1.32. The normalized spacial score (nSPS) is 24.2. The summed E-state index contributed by atoms with van der Waals surface area (Å²) in [4.78, 5) is 0. The zero-order valence-corrected chi connectivity index (χ0v) is 13.1. The fraction of sp³-hybridized carbons (Fsp3) is 0.625. The summed E-state index contributed by atoms with van der Waals surface area (Å²) in [5, 5.41) is 4.68. The van der Waals surface area contributed by atoms with Crippen LogP contribution >= 0.6 is 23.2 Å². The first-order valence-electron chi connectivity index (χ1n) is 7.29. The molecule has 1 saturated carbocycles. The lowest BCUT2D eigenvalue weighted by Gasteiger charge is -2.25. The minimum atomic E-state index is 0.651. The van der Waals surface area contributed by atoms with Crippen LogP contribution in [0.3, 0.4) is 0 Å². The van der Waals surface area contributed by atoms with Gasteiger partial charge in [0.15, 0.2) is 0 Å². The zero-order chi connectivity index (χ0) is 13.7. The van der Waals surface area contributed by atoms with Crippen LogP contribution in [-0.4, -0.2) is 13.6 Å². The average molecular weight is 300 g/mol. The van der Waals surface area contributed by atoms with Crippen LogP contribution in [0.2, 0.25) is 10.0 Å². The minimum absolute atomic E-state index is 0.651. The lowest BCUT2D eigenvalue weighted by molar-refractivity contribution is 0.304. The summed E-state index contributed by atoms with van der Waals surface area (Å²) < 4.78 is 0. The van der Waals surface area contributed by atoms with Crippen molar-refractivity contribution in [1.82, 2.24) is 5.32 Å². The molecule has 1 aromatic rings. The van der Waals surface area contributed by atoms with Crippen molar-refractivity contribution in [2.75, 3.05) is 13.6 Å². The third kappa shape index (κ3) is 4.37. The van der Waals surface area contributed by atoms with Gasteiger partial charge in [-0.15, -0.1) is 0 Å². The number of hydrogen-bond acceptors (Lipinski definition) is 1. The first-order chi connectivity index (χ1) is 9.20. The van der Waals surface area contributed by atoms with E-state index >= 15 is 0 Å². The van der Waals surface area contributed by atoms with Gasteiger partial charge in [0.25, 0.3) is 0 Å². The first-order valence-corrected chi connectivity index (χ1v) is 8.05. The Kier molecular flexibility index (Phi) is 6.00. The quantitative estimate of drug-likeness (QED) is 0.776.